The van der Waals surface area contributed by atoms with Crippen molar-refractivity contribution in [2.45, 2.75) is 33.7 Å². The molecule has 0 unspecified atom stereocenters. The van der Waals surface area contributed by atoms with Crippen molar-refractivity contribution in [2.24, 2.45) is 5.92 Å². The fourth-order valence-corrected chi connectivity index (χ4v) is 3.34. The third-order valence-corrected chi connectivity index (χ3v) is 5.07. The molecule has 4 rings (SSSR count). The van der Waals surface area contributed by atoms with Crippen LogP contribution in [-0.2, 0) is 6.54 Å². The van der Waals surface area contributed by atoms with Crippen molar-refractivity contribution in [1.29, 1.82) is 0 Å². The van der Waals surface area contributed by atoms with Crippen LogP contribution in [0.5, 0.6) is 5.88 Å². The summed E-state index contributed by atoms with van der Waals surface area (Å²) in [6.45, 7) is 6.94. The van der Waals surface area contributed by atoms with Gasteiger partial charge in [0.1, 0.15) is 0 Å². The Morgan fingerprint density at radius 2 is 1.97 bits per heavy atom. The quantitative estimate of drug-likeness (QED) is 0.487. The van der Waals surface area contributed by atoms with Gasteiger partial charge in [-0.3, -0.25) is 4.79 Å². The van der Waals surface area contributed by atoms with Crippen molar-refractivity contribution in [3.05, 3.63) is 64.8 Å². The van der Waals surface area contributed by atoms with Crippen LogP contribution in [0.4, 0.5) is 0 Å². The summed E-state index contributed by atoms with van der Waals surface area (Å²) in [4.78, 5) is 21.4. The predicted octanol–water partition coefficient (Wildman–Crippen LogP) is 3.98. The number of nitrogens with zero attached hydrogens (tertiary/aromatic N) is 5. The highest BCUT2D eigenvalue weighted by Crippen LogP contribution is 2.29. The molecule has 30 heavy (non-hydrogen) atoms. The van der Waals surface area contributed by atoms with Gasteiger partial charge >= 0.3 is 0 Å². The molecule has 0 fully saturated rings. The lowest BCUT2D eigenvalue weighted by atomic mass is 10.1. The fraction of sp³-hybridized carbons (Fsp3) is 0.304. The Morgan fingerprint density at radius 1 is 1.13 bits per heavy atom. The number of rotatable bonds is 6. The summed E-state index contributed by atoms with van der Waals surface area (Å²) in [7, 11) is 1.60. The maximum absolute atomic E-state index is 12.5. The van der Waals surface area contributed by atoms with E-state index in [4.69, 9.17) is 9.84 Å². The summed E-state index contributed by atoms with van der Waals surface area (Å²) < 4.78 is 8.96. The van der Waals surface area contributed by atoms with E-state index < -0.39 is 0 Å². The van der Waals surface area contributed by atoms with Gasteiger partial charge in [0.15, 0.2) is 5.65 Å². The van der Waals surface area contributed by atoms with Crippen LogP contribution in [0, 0.1) is 12.8 Å². The third-order valence-electron chi connectivity index (χ3n) is 5.07. The van der Waals surface area contributed by atoms with E-state index in [0.29, 0.717) is 23.1 Å². The average molecular weight is 403 g/mol. The highest BCUT2D eigenvalue weighted by atomic mass is 16.5. The molecule has 0 aromatic carbocycles. The Balaban J connectivity index is 1.75. The average Bonchev–Trinajstić information content (AvgIpc) is 3.15. The van der Waals surface area contributed by atoms with Gasteiger partial charge in [-0.2, -0.15) is 5.10 Å². The van der Waals surface area contributed by atoms with Gasteiger partial charge in [0.2, 0.25) is 5.88 Å². The lowest BCUT2D eigenvalue weighted by Gasteiger charge is -2.10. The van der Waals surface area contributed by atoms with Gasteiger partial charge in [0.05, 0.1) is 30.3 Å². The van der Waals surface area contributed by atoms with Crippen LogP contribution in [0.15, 0.2) is 53.6 Å². The highest BCUT2D eigenvalue weighted by molar-refractivity contribution is 5.69. The van der Waals surface area contributed by atoms with Crippen LogP contribution in [0.1, 0.15) is 26.0 Å². The molecule has 0 bridgehead atoms. The lowest BCUT2D eigenvalue weighted by molar-refractivity contribution is 0.398. The molecule has 0 saturated heterocycles. The lowest BCUT2D eigenvalue weighted by Crippen LogP contribution is -2.19. The Labute approximate surface area is 175 Å². The highest BCUT2D eigenvalue weighted by Gasteiger charge is 2.14. The number of aryl methyl sites for hydroxylation is 2. The second kappa shape index (κ2) is 8.10. The van der Waals surface area contributed by atoms with Crippen molar-refractivity contribution in [2.75, 3.05) is 7.11 Å². The number of hydrogen-bond donors (Lipinski definition) is 0. The summed E-state index contributed by atoms with van der Waals surface area (Å²) in [6.07, 6.45) is 4.56. The van der Waals surface area contributed by atoms with Crippen LogP contribution < -0.4 is 10.3 Å². The number of hydrogen-bond acceptors (Lipinski definition) is 5. The van der Waals surface area contributed by atoms with E-state index in [-0.39, 0.29) is 5.56 Å². The van der Waals surface area contributed by atoms with Crippen molar-refractivity contribution >= 4 is 5.65 Å². The van der Waals surface area contributed by atoms with E-state index in [1.165, 1.54) is 0 Å². The molecule has 0 spiro atoms. The number of ether oxygens (including phenoxy) is 1. The molecule has 4 aromatic heterocycles. The van der Waals surface area contributed by atoms with E-state index in [2.05, 4.69) is 23.8 Å². The van der Waals surface area contributed by atoms with Crippen molar-refractivity contribution in [3.8, 4) is 28.4 Å². The number of pyridine rings is 2. The number of methoxy groups -OCH3 is 1. The van der Waals surface area contributed by atoms with Crippen molar-refractivity contribution < 1.29 is 4.74 Å². The summed E-state index contributed by atoms with van der Waals surface area (Å²) in [5.41, 5.74) is 4.62. The molecule has 0 aliphatic carbocycles. The number of imidazole rings is 1. The monoisotopic (exact) mass is 403 g/mol. The summed E-state index contributed by atoms with van der Waals surface area (Å²) in [6, 6.07) is 11.2. The summed E-state index contributed by atoms with van der Waals surface area (Å²) in [5, 5.41) is 4.75. The zero-order chi connectivity index (χ0) is 21.3. The van der Waals surface area contributed by atoms with Crippen LogP contribution in [0.2, 0.25) is 0 Å². The zero-order valence-electron chi connectivity index (χ0n) is 17.7. The molecule has 4 aromatic rings. The first-order valence-electron chi connectivity index (χ1n) is 10.0. The van der Waals surface area contributed by atoms with E-state index in [0.717, 1.165) is 35.5 Å². The molecule has 154 valence electrons. The van der Waals surface area contributed by atoms with E-state index >= 15 is 0 Å². The Morgan fingerprint density at radius 3 is 2.70 bits per heavy atom. The largest absolute Gasteiger partial charge is 0.480 e. The minimum Gasteiger partial charge on any atom is -0.480 e. The van der Waals surface area contributed by atoms with Crippen LogP contribution in [-0.4, -0.2) is 31.3 Å². The summed E-state index contributed by atoms with van der Waals surface area (Å²) in [5.74, 6) is 1.07. The molecule has 7 heteroatoms. The summed E-state index contributed by atoms with van der Waals surface area (Å²) >= 11 is 0. The van der Waals surface area contributed by atoms with Crippen LogP contribution in [0.25, 0.3) is 28.2 Å². The van der Waals surface area contributed by atoms with E-state index in [1.807, 2.05) is 43.5 Å². The molecule has 0 atom stereocenters. The minimum atomic E-state index is -0.0229. The minimum absolute atomic E-state index is 0.0229. The molecule has 7 nitrogen and oxygen atoms in total. The fourth-order valence-electron chi connectivity index (χ4n) is 3.34. The van der Waals surface area contributed by atoms with Gasteiger partial charge in [0.25, 0.3) is 5.56 Å². The second-order valence-corrected chi connectivity index (χ2v) is 7.77. The smallest absolute Gasteiger partial charge is 0.251 e. The maximum atomic E-state index is 12.5. The molecule has 0 saturated carbocycles. The standard InChI is InChI=1S/C23H25N5O2/c1-15(2)9-11-27-12-10-17(13-22(27)29)19-7-8-21-24-14-20(28(21)26-19)18-6-5-16(3)25-23(18)30-4/h5-8,10,12-15H,9,11H2,1-4H3. The second-order valence-electron chi connectivity index (χ2n) is 7.77. The number of aromatic nitrogens is 5. The van der Waals surface area contributed by atoms with Gasteiger partial charge in [0, 0.05) is 30.1 Å². The van der Waals surface area contributed by atoms with Gasteiger partial charge < -0.3 is 9.30 Å². The molecule has 0 aliphatic rings. The normalized spacial score (nSPS) is 11.4. The Hall–Kier alpha value is -3.48. The zero-order valence-corrected chi connectivity index (χ0v) is 17.7. The molecular weight excluding hydrogens is 378 g/mol. The van der Waals surface area contributed by atoms with E-state index in [9.17, 15) is 4.79 Å². The third kappa shape index (κ3) is 3.83. The Kier molecular flexibility index (Phi) is 5.35. The molecule has 4 heterocycles. The van der Waals surface area contributed by atoms with E-state index in [1.54, 1.807) is 28.5 Å². The molecule has 0 radical (unpaired) electrons. The van der Waals surface area contributed by atoms with Gasteiger partial charge in [-0.1, -0.05) is 13.8 Å². The van der Waals surface area contributed by atoms with Crippen LogP contribution in [0.3, 0.4) is 0 Å². The molecule has 0 aliphatic heterocycles. The SMILES string of the molecule is COc1nc(C)ccc1-c1cnc2ccc(-c3ccn(CCC(C)C)c(=O)c3)nn12. The molecule has 0 N–H and O–H groups in total. The van der Waals surface area contributed by atoms with Gasteiger partial charge in [-0.15, -0.1) is 0 Å². The molecular formula is C23H25N5O2. The number of fused-ring (bicyclic) bond motifs is 1. The van der Waals surface area contributed by atoms with Crippen molar-refractivity contribution in [1.82, 2.24) is 24.1 Å². The first-order valence-corrected chi connectivity index (χ1v) is 10.0. The van der Waals surface area contributed by atoms with Crippen LogP contribution >= 0.6 is 0 Å². The van der Waals surface area contributed by atoms with Crippen molar-refractivity contribution in [3.63, 3.8) is 0 Å². The topological polar surface area (TPSA) is 74.3 Å². The van der Waals surface area contributed by atoms with Gasteiger partial charge in [-0.25, -0.2) is 14.5 Å². The predicted molar refractivity (Wildman–Crippen MR) is 117 cm³/mol. The molecule has 0 amide bonds. The first-order chi connectivity index (χ1) is 14.5. The Bertz CT molecular complexity index is 1260. The first kappa shape index (κ1) is 19.8. The maximum Gasteiger partial charge on any atom is 0.251 e. The van der Waals surface area contributed by atoms with Gasteiger partial charge in [-0.05, 0) is 49.6 Å².